The summed E-state index contributed by atoms with van der Waals surface area (Å²) < 4.78 is 20.9. The number of hydrogen-bond donors (Lipinski definition) is 7. The third kappa shape index (κ3) is 4.73. The molecular formula is C19H26O12. The highest BCUT2D eigenvalue weighted by Crippen LogP contribution is 2.36. The molecule has 1 aromatic carbocycles. The zero-order valence-electron chi connectivity index (χ0n) is 16.3. The Hall–Kier alpha value is -1.71. The Labute approximate surface area is 176 Å². The maximum Gasteiger partial charge on any atom is 0.338 e. The molecule has 0 saturated carbocycles. The Balaban J connectivity index is 1.72. The Bertz CT molecular complexity index is 732. The van der Waals surface area contributed by atoms with Crippen molar-refractivity contribution in [3.05, 3.63) is 35.9 Å². The summed E-state index contributed by atoms with van der Waals surface area (Å²) in [7, 11) is 0. The zero-order valence-corrected chi connectivity index (χ0v) is 16.3. The van der Waals surface area contributed by atoms with Gasteiger partial charge in [-0.15, -0.1) is 0 Å². The predicted octanol–water partition coefficient (Wildman–Crippen LogP) is -3.64. The lowest BCUT2D eigenvalue weighted by molar-refractivity contribution is -0.379. The minimum Gasteiger partial charge on any atom is -0.459 e. The molecule has 0 bridgehead atoms. The number of benzene rings is 1. The fourth-order valence-electron chi connectivity index (χ4n) is 3.42. The fraction of sp³-hybridized carbons (Fsp3) is 0.632. The van der Waals surface area contributed by atoms with Gasteiger partial charge in [0.05, 0.1) is 6.61 Å². The Morgan fingerprint density at radius 2 is 1.65 bits per heavy atom. The first-order chi connectivity index (χ1) is 14.7. The van der Waals surface area contributed by atoms with Crippen LogP contribution in [-0.2, 0) is 30.3 Å². The number of carbonyl (C=O) groups is 1. The number of rotatable bonds is 7. The molecule has 0 aromatic heterocycles. The molecule has 0 radical (unpaired) electrons. The molecule has 3 rings (SSSR count). The lowest BCUT2D eigenvalue weighted by atomic mass is 9.98. The Kier molecular flexibility index (Phi) is 7.59. The van der Waals surface area contributed by atoms with Gasteiger partial charge in [-0.25, -0.2) is 4.79 Å². The van der Waals surface area contributed by atoms with Gasteiger partial charge in [0.2, 0.25) is 5.79 Å². The minimum absolute atomic E-state index is 0.150. The van der Waals surface area contributed by atoms with E-state index in [9.17, 15) is 40.5 Å². The van der Waals surface area contributed by atoms with E-state index in [0.29, 0.717) is 5.56 Å². The first kappa shape index (κ1) is 23.9. The van der Waals surface area contributed by atoms with E-state index in [1.54, 1.807) is 30.3 Å². The van der Waals surface area contributed by atoms with E-state index in [1.807, 2.05) is 0 Å². The van der Waals surface area contributed by atoms with Crippen molar-refractivity contribution >= 4 is 5.97 Å². The smallest absolute Gasteiger partial charge is 0.338 e. The van der Waals surface area contributed by atoms with Crippen molar-refractivity contribution in [3.63, 3.8) is 0 Å². The van der Waals surface area contributed by atoms with E-state index in [0.717, 1.165) is 0 Å². The van der Waals surface area contributed by atoms with Crippen molar-refractivity contribution < 1.29 is 59.5 Å². The molecule has 12 heteroatoms. The van der Waals surface area contributed by atoms with Gasteiger partial charge in [0.25, 0.3) is 0 Å². The van der Waals surface area contributed by atoms with Crippen LogP contribution in [0.3, 0.4) is 0 Å². The van der Waals surface area contributed by atoms with Gasteiger partial charge in [0.15, 0.2) is 12.4 Å². The molecule has 2 fully saturated rings. The number of aliphatic hydroxyl groups is 7. The second-order valence-corrected chi connectivity index (χ2v) is 7.35. The molecular weight excluding hydrogens is 420 g/mol. The second kappa shape index (κ2) is 9.83. The minimum atomic E-state index is -2.33. The normalized spacial score (nSPS) is 40.6. The average molecular weight is 446 g/mol. The summed E-state index contributed by atoms with van der Waals surface area (Å²) in [4.78, 5) is 12.4. The highest BCUT2D eigenvalue weighted by Gasteiger charge is 2.59. The molecule has 9 atom stereocenters. The summed E-state index contributed by atoms with van der Waals surface area (Å²) >= 11 is 0. The summed E-state index contributed by atoms with van der Waals surface area (Å²) in [6.07, 6.45) is -14.2. The topological polar surface area (TPSA) is 196 Å². The summed E-state index contributed by atoms with van der Waals surface area (Å²) in [5.74, 6) is -3.39. The van der Waals surface area contributed by atoms with Crippen LogP contribution in [0.4, 0.5) is 0 Å². The number of esters is 1. The van der Waals surface area contributed by atoms with Crippen molar-refractivity contribution in [2.45, 2.75) is 61.4 Å². The number of ether oxygens (including phenoxy) is 4. The molecule has 174 valence electrons. The molecule has 31 heavy (non-hydrogen) atoms. The maximum absolute atomic E-state index is 12.4. The molecule has 3 unspecified atom stereocenters. The van der Waals surface area contributed by atoms with Gasteiger partial charge in [-0.1, -0.05) is 30.3 Å². The van der Waals surface area contributed by atoms with Gasteiger partial charge >= 0.3 is 5.97 Å². The summed E-state index contributed by atoms with van der Waals surface area (Å²) in [6.45, 7) is -1.90. The number of aliphatic hydroxyl groups excluding tert-OH is 7. The van der Waals surface area contributed by atoms with Crippen LogP contribution in [0.25, 0.3) is 0 Å². The Morgan fingerprint density at radius 1 is 0.968 bits per heavy atom. The van der Waals surface area contributed by atoms with Gasteiger partial charge in [-0.3, -0.25) is 0 Å². The quantitative estimate of drug-likeness (QED) is 0.203. The standard InChI is InChI=1S/C19H26O12/c20-6-10-11(22)16(26)19(8-21,30-10)31-18-14(25)12(23)13(24)15(29-18)17(27)28-7-9-4-2-1-3-5-9/h1-5,10-16,18,20-26H,6-8H2/t10-,11+,12?,13+,14+,15?,16?,18-,19+/m1/s1. The van der Waals surface area contributed by atoms with Gasteiger partial charge in [-0.2, -0.15) is 0 Å². The van der Waals surface area contributed by atoms with Crippen LogP contribution in [0, 0.1) is 0 Å². The summed E-state index contributed by atoms with van der Waals surface area (Å²) in [5.41, 5.74) is 0.653. The van der Waals surface area contributed by atoms with E-state index in [-0.39, 0.29) is 6.61 Å². The first-order valence-corrected chi connectivity index (χ1v) is 9.57. The van der Waals surface area contributed by atoms with Crippen LogP contribution in [0.5, 0.6) is 0 Å². The molecule has 0 spiro atoms. The van der Waals surface area contributed by atoms with Crippen molar-refractivity contribution in [2.75, 3.05) is 13.2 Å². The van der Waals surface area contributed by atoms with Gasteiger partial charge in [0.1, 0.15) is 49.8 Å². The van der Waals surface area contributed by atoms with Gasteiger partial charge in [0, 0.05) is 0 Å². The average Bonchev–Trinajstić information content (AvgIpc) is 3.03. The maximum atomic E-state index is 12.4. The molecule has 0 aliphatic carbocycles. The molecule has 2 aliphatic rings. The van der Waals surface area contributed by atoms with Crippen LogP contribution in [0.2, 0.25) is 0 Å². The van der Waals surface area contributed by atoms with E-state index in [4.69, 9.17) is 18.9 Å². The van der Waals surface area contributed by atoms with Crippen LogP contribution < -0.4 is 0 Å². The zero-order chi connectivity index (χ0) is 22.8. The monoisotopic (exact) mass is 446 g/mol. The molecule has 0 amide bonds. The number of hydrogen-bond acceptors (Lipinski definition) is 12. The highest BCUT2D eigenvalue weighted by atomic mass is 16.8. The molecule has 2 heterocycles. The Morgan fingerprint density at radius 3 is 2.23 bits per heavy atom. The third-order valence-electron chi connectivity index (χ3n) is 5.25. The van der Waals surface area contributed by atoms with E-state index >= 15 is 0 Å². The van der Waals surface area contributed by atoms with Gasteiger partial charge < -0.3 is 54.7 Å². The molecule has 7 N–H and O–H groups in total. The lowest BCUT2D eigenvalue weighted by Crippen LogP contribution is -2.63. The van der Waals surface area contributed by atoms with E-state index in [2.05, 4.69) is 0 Å². The largest absolute Gasteiger partial charge is 0.459 e. The lowest BCUT2D eigenvalue weighted by Gasteiger charge is -2.42. The van der Waals surface area contributed by atoms with Gasteiger partial charge in [-0.05, 0) is 5.56 Å². The van der Waals surface area contributed by atoms with Crippen LogP contribution in [-0.4, -0.2) is 110 Å². The molecule has 2 aliphatic heterocycles. The van der Waals surface area contributed by atoms with Crippen molar-refractivity contribution in [1.29, 1.82) is 0 Å². The summed E-state index contributed by atoms with van der Waals surface area (Å²) in [5, 5.41) is 69.6. The van der Waals surface area contributed by atoms with Crippen LogP contribution in [0.15, 0.2) is 30.3 Å². The molecule has 12 nitrogen and oxygen atoms in total. The highest BCUT2D eigenvalue weighted by molar-refractivity contribution is 5.75. The molecule has 1 aromatic rings. The van der Waals surface area contributed by atoms with Crippen LogP contribution >= 0.6 is 0 Å². The predicted molar refractivity (Wildman–Crippen MR) is 97.8 cm³/mol. The SMILES string of the molecule is O=C(OCc1ccccc1)C1O[C@H](O[C@]2(CO)O[C@H](CO)[C@H](O)C2O)[C@@H](O)C(O)[C@@H]1O. The number of carbonyl (C=O) groups excluding carboxylic acids is 1. The summed E-state index contributed by atoms with van der Waals surface area (Å²) in [6, 6.07) is 8.63. The fourth-order valence-corrected chi connectivity index (χ4v) is 3.42. The van der Waals surface area contributed by atoms with E-state index in [1.165, 1.54) is 0 Å². The van der Waals surface area contributed by atoms with Crippen molar-refractivity contribution in [2.24, 2.45) is 0 Å². The van der Waals surface area contributed by atoms with Crippen molar-refractivity contribution in [3.8, 4) is 0 Å². The molecule has 2 saturated heterocycles. The first-order valence-electron chi connectivity index (χ1n) is 9.57. The van der Waals surface area contributed by atoms with Crippen molar-refractivity contribution in [1.82, 2.24) is 0 Å². The second-order valence-electron chi connectivity index (χ2n) is 7.35. The van der Waals surface area contributed by atoms with E-state index < -0.39 is 74.0 Å². The van der Waals surface area contributed by atoms with Crippen LogP contribution in [0.1, 0.15) is 5.56 Å². The third-order valence-corrected chi connectivity index (χ3v) is 5.25.